The minimum Gasteiger partial charge on any atom is -0.490 e. The number of fused-ring (bicyclic) bond motifs is 2. The number of carbonyl (C=O) groups excluding carboxylic acids is 1. The topological polar surface area (TPSA) is 52.3 Å². The van der Waals surface area contributed by atoms with E-state index in [0.717, 1.165) is 19.3 Å². The van der Waals surface area contributed by atoms with E-state index in [4.69, 9.17) is 10.5 Å². The van der Waals surface area contributed by atoms with Crippen LogP contribution in [0, 0.1) is 17.8 Å². The molecule has 0 spiro atoms. The van der Waals surface area contributed by atoms with Crippen molar-refractivity contribution >= 4 is 5.78 Å². The Hall–Kier alpha value is -0.830. The summed E-state index contributed by atoms with van der Waals surface area (Å²) in [4.78, 5) is 12.3. The molecule has 2 fully saturated rings. The van der Waals surface area contributed by atoms with Crippen molar-refractivity contribution < 1.29 is 9.53 Å². The van der Waals surface area contributed by atoms with Gasteiger partial charge in [-0.2, -0.15) is 0 Å². The number of rotatable bonds is 2. The Morgan fingerprint density at radius 1 is 1.38 bits per heavy atom. The van der Waals surface area contributed by atoms with Gasteiger partial charge in [0.05, 0.1) is 6.61 Å². The van der Waals surface area contributed by atoms with E-state index in [-0.39, 0.29) is 17.7 Å². The molecular formula is C13H19NO2. The van der Waals surface area contributed by atoms with Crippen molar-refractivity contribution in [2.45, 2.75) is 38.1 Å². The fourth-order valence-corrected chi connectivity index (χ4v) is 3.62. The lowest BCUT2D eigenvalue weighted by Crippen LogP contribution is -2.41. The normalized spacial score (nSPS) is 41.7. The molecule has 0 amide bonds. The summed E-state index contributed by atoms with van der Waals surface area (Å²) < 4.78 is 5.46. The van der Waals surface area contributed by atoms with Gasteiger partial charge in [-0.05, 0) is 50.0 Å². The standard InChI is InChI=1S/C13H19NO2/c14-12-9-5-4-8(7-9)11(12)13(15)10-3-1-2-6-16-10/h3,8-9,11-12H,1-2,4-7,14H2. The molecule has 0 saturated heterocycles. The first-order valence-electron chi connectivity index (χ1n) is 6.40. The van der Waals surface area contributed by atoms with Crippen LogP contribution in [0.15, 0.2) is 11.8 Å². The molecule has 2 N–H and O–H groups in total. The molecule has 2 saturated carbocycles. The Morgan fingerprint density at radius 2 is 2.19 bits per heavy atom. The first-order valence-corrected chi connectivity index (χ1v) is 6.40. The molecule has 2 bridgehead atoms. The maximum absolute atomic E-state index is 12.3. The molecule has 4 unspecified atom stereocenters. The van der Waals surface area contributed by atoms with Crippen LogP contribution >= 0.6 is 0 Å². The maximum Gasteiger partial charge on any atom is 0.201 e. The second-order valence-corrected chi connectivity index (χ2v) is 5.36. The molecular weight excluding hydrogens is 202 g/mol. The van der Waals surface area contributed by atoms with Crippen LogP contribution < -0.4 is 5.73 Å². The van der Waals surface area contributed by atoms with Gasteiger partial charge in [0.1, 0.15) is 0 Å². The highest BCUT2D eigenvalue weighted by Crippen LogP contribution is 2.48. The Bertz CT molecular complexity index is 335. The third-order valence-electron chi connectivity index (χ3n) is 4.46. The van der Waals surface area contributed by atoms with Crippen LogP contribution in [0.25, 0.3) is 0 Å². The number of ketones is 1. The zero-order valence-corrected chi connectivity index (χ0v) is 9.52. The van der Waals surface area contributed by atoms with Crippen molar-refractivity contribution in [1.29, 1.82) is 0 Å². The molecule has 0 aromatic rings. The smallest absolute Gasteiger partial charge is 0.201 e. The van der Waals surface area contributed by atoms with Gasteiger partial charge in [-0.15, -0.1) is 0 Å². The van der Waals surface area contributed by atoms with Gasteiger partial charge in [-0.3, -0.25) is 4.79 Å². The summed E-state index contributed by atoms with van der Waals surface area (Å²) in [7, 11) is 0. The van der Waals surface area contributed by atoms with Gasteiger partial charge < -0.3 is 10.5 Å². The van der Waals surface area contributed by atoms with Crippen LogP contribution in [0.2, 0.25) is 0 Å². The number of carbonyl (C=O) groups is 1. The van der Waals surface area contributed by atoms with Crippen LogP contribution in [-0.2, 0) is 9.53 Å². The van der Waals surface area contributed by atoms with Crippen LogP contribution in [0.5, 0.6) is 0 Å². The van der Waals surface area contributed by atoms with Gasteiger partial charge in [0.2, 0.25) is 5.78 Å². The van der Waals surface area contributed by atoms with Crippen molar-refractivity contribution in [1.82, 2.24) is 0 Å². The summed E-state index contributed by atoms with van der Waals surface area (Å²) in [5.74, 6) is 1.93. The van der Waals surface area contributed by atoms with Crippen LogP contribution in [-0.4, -0.2) is 18.4 Å². The molecule has 3 nitrogen and oxygen atoms in total. The van der Waals surface area contributed by atoms with Crippen LogP contribution in [0.1, 0.15) is 32.1 Å². The summed E-state index contributed by atoms with van der Waals surface area (Å²) in [5, 5.41) is 0. The third-order valence-corrected chi connectivity index (χ3v) is 4.46. The number of allylic oxidation sites excluding steroid dienone is 2. The van der Waals surface area contributed by atoms with E-state index in [1.54, 1.807) is 0 Å². The summed E-state index contributed by atoms with van der Waals surface area (Å²) in [6.07, 6.45) is 7.50. The predicted molar refractivity (Wildman–Crippen MR) is 60.6 cm³/mol. The van der Waals surface area contributed by atoms with E-state index < -0.39 is 0 Å². The lowest BCUT2D eigenvalue weighted by atomic mass is 9.81. The van der Waals surface area contributed by atoms with Gasteiger partial charge in [0.25, 0.3) is 0 Å². The van der Waals surface area contributed by atoms with E-state index in [1.807, 2.05) is 6.08 Å². The first-order chi connectivity index (χ1) is 7.77. The number of hydrogen-bond acceptors (Lipinski definition) is 3. The highest BCUT2D eigenvalue weighted by Gasteiger charge is 2.49. The third kappa shape index (κ3) is 1.49. The minimum absolute atomic E-state index is 0.0445. The molecule has 1 heterocycles. The molecule has 0 aromatic carbocycles. The summed E-state index contributed by atoms with van der Waals surface area (Å²) in [5.41, 5.74) is 6.17. The number of nitrogens with two attached hydrogens (primary N) is 1. The fourth-order valence-electron chi connectivity index (χ4n) is 3.62. The van der Waals surface area contributed by atoms with Crippen LogP contribution in [0.3, 0.4) is 0 Å². The predicted octanol–water partition coefficient (Wildman–Crippen LogP) is 1.62. The zero-order valence-electron chi connectivity index (χ0n) is 9.52. The summed E-state index contributed by atoms with van der Waals surface area (Å²) in [6.45, 7) is 0.688. The molecule has 3 rings (SSSR count). The average molecular weight is 221 g/mol. The number of Topliss-reactive ketones (excluding diaryl/α,β-unsaturated/α-hetero) is 1. The van der Waals surface area contributed by atoms with Crippen molar-refractivity contribution in [3.05, 3.63) is 11.8 Å². The molecule has 16 heavy (non-hydrogen) atoms. The molecule has 0 aromatic heterocycles. The maximum atomic E-state index is 12.3. The second-order valence-electron chi connectivity index (χ2n) is 5.36. The van der Waals surface area contributed by atoms with E-state index in [2.05, 4.69) is 0 Å². The highest BCUT2D eigenvalue weighted by molar-refractivity contribution is 5.96. The van der Waals surface area contributed by atoms with Gasteiger partial charge >= 0.3 is 0 Å². The van der Waals surface area contributed by atoms with E-state index in [9.17, 15) is 4.79 Å². The van der Waals surface area contributed by atoms with E-state index in [1.165, 1.54) is 12.8 Å². The SMILES string of the molecule is NC1C2CCC(C2)C1C(=O)C1=CCCCO1. The van der Waals surface area contributed by atoms with Crippen LogP contribution in [0.4, 0.5) is 0 Å². The molecule has 88 valence electrons. The van der Waals surface area contributed by atoms with Gasteiger partial charge in [0, 0.05) is 12.0 Å². The van der Waals surface area contributed by atoms with Crippen molar-refractivity contribution in [2.24, 2.45) is 23.5 Å². The zero-order chi connectivity index (χ0) is 11.1. The molecule has 3 aliphatic rings. The molecule has 0 radical (unpaired) electrons. The highest BCUT2D eigenvalue weighted by atomic mass is 16.5. The lowest BCUT2D eigenvalue weighted by molar-refractivity contribution is -0.124. The van der Waals surface area contributed by atoms with Gasteiger partial charge in [0.15, 0.2) is 5.76 Å². The Kier molecular flexibility index (Phi) is 2.51. The Morgan fingerprint density at radius 3 is 2.81 bits per heavy atom. The summed E-state index contributed by atoms with van der Waals surface area (Å²) >= 11 is 0. The van der Waals surface area contributed by atoms with E-state index in [0.29, 0.717) is 24.2 Å². The largest absolute Gasteiger partial charge is 0.490 e. The molecule has 1 aliphatic heterocycles. The Labute approximate surface area is 96.0 Å². The second kappa shape index (κ2) is 3.88. The molecule has 2 aliphatic carbocycles. The molecule has 4 atom stereocenters. The van der Waals surface area contributed by atoms with Gasteiger partial charge in [-0.1, -0.05) is 0 Å². The average Bonchev–Trinajstić information content (AvgIpc) is 2.90. The number of hydrogen-bond donors (Lipinski definition) is 1. The van der Waals surface area contributed by atoms with Crippen molar-refractivity contribution in [3.8, 4) is 0 Å². The first kappa shape index (κ1) is 10.3. The fraction of sp³-hybridized carbons (Fsp3) is 0.769. The summed E-state index contributed by atoms with van der Waals surface area (Å²) in [6, 6.07) is 0.0812. The lowest BCUT2D eigenvalue weighted by Gasteiger charge is -2.28. The monoisotopic (exact) mass is 221 g/mol. The quantitative estimate of drug-likeness (QED) is 0.771. The van der Waals surface area contributed by atoms with Gasteiger partial charge in [-0.25, -0.2) is 0 Å². The minimum atomic E-state index is 0.0445. The number of ether oxygens (including phenoxy) is 1. The van der Waals surface area contributed by atoms with E-state index >= 15 is 0 Å². The Balaban J connectivity index is 1.77. The molecule has 3 heteroatoms. The van der Waals surface area contributed by atoms with Crippen molar-refractivity contribution in [3.63, 3.8) is 0 Å². The van der Waals surface area contributed by atoms with Crippen molar-refractivity contribution in [2.75, 3.05) is 6.61 Å².